The molecule has 0 amide bonds. The van der Waals surface area contributed by atoms with Crippen molar-refractivity contribution in [1.29, 1.82) is 0 Å². The Kier molecular flexibility index (Phi) is 30.1. The second-order valence-corrected chi connectivity index (χ2v) is 17.5. The summed E-state index contributed by atoms with van der Waals surface area (Å²) in [6, 6.07) is 0. The minimum atomic E-state index is -4.87. The van der Waals surface area contributed by atoms with Gasteiger partial charge >= 0.3 is 27.6 Å². The fraction of sp³-hybridized carbons (Fsp3) is 0.800. The van der Waals surface area contributed by atoms with Crippen LogP contribution >= 0.6 is 15.6 Å². The van der Waals surface area contributed by atoms with E-state index in [1.807, 2.05) is 6.08 Å². The van der Waals surface area contributed by atoms with Gasteiger partial charge in [-0.1, -0.05) is 121 Å². The van der Waals surface area contributed by atoms with Crippen LogP contribution in [0.4, 0.5) is 0 Å². The molecule has 5 atom stereocenters. The molecule has 0 aromatic heterocycles. The molecule has 1 saturated heterocycles. The zero-order valence-corrected chi connectivity index (χ0v) is 35.9. The summed E-state index contributed by atoms with van der Waals surface area (Å²) in [7, 11) is -9.68. The fourth-order valence-corrected chi connectivity index (χ4v) is 6.72. The van der Waals surface area contributed by atoms with Crippen molar-refractivity contribution in [1.82, 2.24) is 0 Å². The molecule has 0 bridgehead atoms. The summed E-state index contributed by atoms with van der Waals surface area (Å²) in [5.41, 5.74) is 0. The fourth-order valence-electron chi connectivity index (χ4n) is 5.57. The molecule has 4 N–H and O–H groups in total. The molecule has 0 spiro atoms. The maximum atomic E-state index is 12.6. The zero-order chi connectivity index (χ0) is 41.5. The Morgan fingerprint density at radius 2 is 1.21 bits per heavy atom. The number of aliphatic hydroxyl groups is 1. The Labute approximate surface area is 335 Å². The first-order chi connectivity index (χ1) is 26.7. The van der Waals surface area contributed by atoms with E-state index in [0.717, 1.165) is 57.3 Å². The van der Waals surface area contributed by atoms with Crippen LogP contribution in [0.1, 0.15) is 149 Å². The first-order valence-corrected chi connectivity index (χ1v) is 23.7. The largest absolute Gasteiger partial charge is 0.472 e. The van der Waals surface area contributed by atoms with E-state index in [1.54, 1.807) is 0 Å². The number of ether oxygens (including phenoxy) is 3. The SMILES string of the molecule is CCCCC/C=C\C/C=C\CC1OC1C/C=C\CCCC(=O)OC[C@H](COP(=O)(O)OC[C@@H](O)COP(=O)(O)O)OC(=O)CCCCCCCCCCC(C)C. The molecule has 14 nitrogen and oxygen atoms in total. The van der Waals surface area contributed by atoms with Gasteiger partial charge in [-0.25, -0.2) is 9.13 Å². The number of phosphoric acid groups is 2. The predicted octanol–water partition coefficient (Wildman–Crippen LogP) is 8.96. The summed E-state index contributed by atoms with van der Waals surface area (Å²) in [6.45, 7) is 3.89. The number of rotatable bonds is 37. The van der Waals surface area contributed by atoms with Gasteiger partial charge in [0, 0.05) is 12.8 Å². The quantitative estimate of drug-likeness (QED) is 0.0151. The van der Waals surface area contributed by atoms with Crippen molar-refractivity contribution in [2.45, 2.75) is 174 Å². The molecular weight excluding hydrogens is 766 g/mol. The molecule has 0 saturated carbocycles. The van der Waals surface area contributed by atoms with Crippen LogP contribution in [0.2, 0.25) is 0 Å². The highest BCUT2D eigenvalue weighted by Gasteiger charge is 2.36. The summed E-state index contributed by atoms with van der Waals surface area (Å²) in [6.07, 6.45) is 29.1. The standard InChI is InChI=1S/C40H72O14P2/c1-4-5-6-7-8-9-13-16-21-26-37-38(54-37)27-22-18-19-23-28-39(42)49-32-36(33-52-56(47,48)51-31-35(41)30-50-55(44,45)46)53-40(43)29-24-17-14-11-10-12-15-20-25-34(2)3/h8-9,16,18,21-22,34-38,41H,4-7,10-15,17,19-20,23-33H2,1-3H3,(H,47,48)(H2,44,45,46)/b9-8-,21-16-,22-18-/t35-,36+,37?,38?/m0/s1. The Morgan fingerprint density at radius 3 is 1.88 bits per heavy atom. The van der Waals surface area contributed by atoms with Gasteiger partial charge in [0.15, 0.2) is 6.10 Å². The van der Waals surface area contributed by atoms with Crippen LogP contribution in [0.5, 0.6) is 0 Å². The highest BCUT2D eigenvalue weighted by molar-refractivity contribution is 7.47. The molecule has 326 valence electrons. The van der Waals surface area contributed by atoms with Gasteiger partial charge in [-0.2, -0.15) is 0 Å². The van der Waals surface area contributed by atoms with Crippen molar-refractivity contribution in [3.63, 3.8) is 0 Å². The summed E-state index contributed by atoms with van der Waals surface area (Å²) in [4.78, 5) is 52.6. The highest BCUT2D eigenvalue weighted by atomic mass is 31.2. The molecule has 1 fully saturated rings. The number of unbranched alkanes of at least 4 members (excludes halogenated alkanes) is 11. The second kappa shape index (κ2) is 32.2. The third-order valence-electron chi connectivity index (χ3n) is 8.85. The summed E-state index contributed by atoms with van der Waals surface area (Å²) < 4.78 is 53.4. The molecule has 1 heterocycles. The monoisotopic (exact) mass is 838 g/mol. The Balaban J connectivity index is 2.41. The van der Waals surface area contributed by atoms with E-state index in [0.29, 0.717) is 19.3 Å². The average Bonchev–Trinajstić information content (AvgIpc) is 3.89. The van der Waals surface area contributed by atoms with E-state index >= 15 is 0 Å². The lowest BCUT2D eigenvalue weighted by Crippen LogP contribution is -2.30. The second-order valence-electron chi connectivity index (χ2n) is 14.8. The molecular formula is C40H72O14P2. The van der Waals surface area contributed by atoms with Gasteiger partial charge in [0.25, 0.3) is 0 Å². The van der Waals surface area contributed by atoms with Gasteiger partial charge in [0.05, 0.1) is 32.0 Å². The summed E-state index contributed by atoms with van der Waals surface area (Å²) in [5.74, 6) is -0.377. The van der Waals surface area contributed by atoms with Crippen molar-refractivity contribution >= 4 is 27.6 Å². The van der Waals surface area contributed by atoms with Gasteiger partial charge in [-0.15, -0.1) is 0 Å². The molecule has 0 radical (unpaired) electrons. The molecule has 56 heavy (non-hydrogen) atoms. The summed E-state index contributed by atoms with van der Waals surface area (Å²) in [5, 5.41) is 9.73. The van der Waals surface area contributed by atoms with Gasteiger partial charge < -0.3 is 34.0 Å². The van der Waals surface area contributed by atoms with E-state index in [9.17, 15) is 28.7 Å². The molecule has 0 aromatic rings. The normalized spacial score (nSPS) is 18.2. The van der Waals surface area contributed by atoms with E-state index in [2.05, 4.69) is 60.2 Å². The van der Waals surface area contributed by atoms with Crippen molar-refractivity contribution < 1.29 is 66.3 Å². The lowest BCUT2D eigenvalue weighted by atomic mass is 10.0. The zero-order valence-electron chi connectivity index (χ0n) is 34.1. The highest BCUT2D eigenvalue weighted by Crippen LogP contribution is 2.44. The maximum Gasteiger partial charge on any atom is 0.472 e. The first kappa shape index (κ1) is 52.3. The summed E-state index contributed by atoms with van der Waals surface area (Å²) >= 11 is 0. The number of hydrogen-bond donors (Lipinski definition) is 4. The number of aliphatic hydroxyl groups excluding tert-OH is 1. The third-order valence-corrected chi connectivity index (χ3v) is 10.3. The van der Waals surface area contributed by atoms with Gasteiger partial charge in [-0.05, 0) is 57.3 Å². The van der Waals surface area contributed by atoms with Crippen LogP contribution in [0.25, 0.3) is 0 Å². The minimum absolute atomic E-state index is 0.111. The lowest BCUT2D eigenvalue weighted by Gasteiger charge is -2.20. The molecule has 0 aromatic carbocycles. The van der Waals surface area contributed by atoms with E-state index < -0.39 is 66.2 Å². The molecule has 0 aliphatic carbocycles. The van der Waals surface area contributed by atoms with Crippen LogP contribution in [-0.4, -0.2) is 82.6 Å². The maximum absolute atomic E-state index is 12.6. The van der Waals surface area contributed by atoms with Crippen LogP contribution < -0.4 is 0 Å². The lowest BCUT2D eigenvalue weighted by molar-refractivity contribution is -0.161. The number of hydrogen-bond acceptors (Lipinski definition) is 11. The molecule has 1 aliphatic heterocycles. The first-order valence-electron chi connectivity index (χ1n) is 20.7. The van der Waals surface area contributed by atoms with Crippen LogP contribution in [-0.2, 0) is 46.5 Å². The number of esters is 2. The van der Waals surface area contributed by atoms with Crippen molar-refractivity contribution in [3.05, 3.63) is 36.5 Å². The number of epoxide rings is 1. The van der Waals surface area contributed by atoms with Crippen molar-refractivity contribution in [3.8, 4) is 0 Å². The third kappa shape index (κ3) is 33.3. The minimum Gasteiger partial charge on any atom is -0.462 e. The molecule has 1 aliphatic rings. The van der Waals surface area contributed by atoms with Gasteiger partial charge in [0.1, 0.15) is 12.7 Å². The number of carbonyl (C=O) groups is 2. The van der Waals surface area contributed by atoms with Crippen molar-refractivity contribution in [2.24, 2.45) is 5.92 Å². The van der Waals surface area contributed by atoms with Crippen LogP contribution in [0.3, 0.4) is 0 Å². The van der Waals surface area contributed by atoms with Gasteiger partial charge in [0.2, 0.25) is 0 Å². The Hall–Kier alpha value is -1.70. The number of carbonyl (C=O) groups excluding carboxylic acids is 2. The predicted molar refractivity (Wildman–Crippen MR) is 216 cm³/mol. The van der Waals surface area contributed by atoms with Crippen LogP contribution in [0.15, 0.2) is 36.5 Å². The Bertz CT molecular complexity index is 1220. The van der Waals surface area contributed by atoms with E-state index in [1.165, 1.54) is 44.9 Å². The number of phosphoric ester groups is 2. The average molecular weight is 839 g/mol. The smallest absolute Gasteiger partial charge is 0.462 e. The number of allylic oxidation sites excluding steroid dienone is 4. The molecule has 3 unspecified atom stereocenters. The Morgan fingerprint density at radius 1 is 0.661 bits per heavy atom. The molecule has 16 heteroatoms. The van der Waals surface area contributed by atoms with Gasteiger partial charge in [-0.3, -0.25) is 23.2 Å². The van der Waals surface area contributed by atoms with Crippen molar-refractivity contribution in [2.75, 3.05) is 26.4 Å². The topological polar surface area (TPSA) is 208 Å². The van der Waals surface area contributed by atoms with Crippen LogP contribution in [0, 0.1) is 5.92 Å². The van der Waals surface area contributed by atoms with E-state index in [4.69, 9.17) is 28.5 Å². The van der Waals surface area contributed by atoms with E-state index in [-0.39, 0.29) is 25.0 Å². The molecule has 1 rings (SSSR count).